The average molecular weight is 344 g/mol. The van der Waals surface area contributed by atoms with Gasteiger partial charge >= 0.3 is 0 Å². The van der Waals surface area contributed by atoms with Gasteiger partial charge < -0.3 is 10.4 Å². The van der Waals surface area contributed by atoms with E-state index in [4.69, 9.17) is 0 Å². The zero-order valence-electron chi connectivity index (χ0n) is 11.5. The van der Waals surface area contributed by atoms with Crippen LogP contribution in [-0.2, 0) is 11.2 Å². The van der Waals surface area contributed by atoms with Crippen LogP contribution in [0.5, 0.6) is 0 Å². The van der Waals surface area contributed by atoms with Crippen molar-refractivity contribution in [2.24, 2.45) is 5.92 Å². The van der Waals surface area contributed by atoms with E-state index in [2.05, 4.69) is 21.2 Å². The summed E-state index contributed by atoms with van der Waals surface area (Å²) in [6, 6.07) is 4.77. The zero-order chi connectivity index (χ0) is 14.8. The Balaban J connectivity index is 1.85. The van der Waals surface area contributed by atoms with E-state index in [1.54, 1.807) is 12.1 Å². The molecule has 1 unspecified atom stereocenters. The fourth-order valence-electron chi connectivity index (χ4n) is 2.30. The van der Waals surface area contributed by atoms with Gasteiger partial charge in [-0.25, -0.2) is 4.39 Å². The molecule has 1 saturated carbocycles. The van der Waals surface area contributed by atoms with Gasteiger partial charge in [-0.3, -0.25) is 4.79 Å². The van der Waals surface area contributed by atoms with Crippen LogP contribution < -0.4 is 5.32 Å². The summed E-state index contributed by atoms with van der Waals surface area (Å²) in [5.74, 6) is -0.597. The Morgan fingerprint density at radius 3 is 2.80 bits per heavy atom. The van der Waals surface area contributed by atoms with E-state index in [9.17, 15) is 14.3 Å². The Hall–Kier alpha value is -0.940. The van der Waals surface area contributed by atoms with Gasteiger partial charge in [0, 0.05) is 12.5 Å². The number of rotatable bonds is 5. The quantitative estimate of drug-likeness (QED) is 0.863. The molecule has 1 aromatic rings. The molecule has 1 aliphatic rings. The molecule has 0 aliphatic heterocycles. The Labute approximate surface area is 126 Å². The first-order valence-electron chi connectivity index (χ1n) is 6.84. The maximum Gasteiger partial charge on any atom is 0.223 e. The van der Waals surface area contributed by atoms with Crippen molar-refractivity contribution in [3.05, 3.63) is 34.1 Å². The Kier molecular flexibility index (Phi) is 4.81. The largest absolute Gasteiger partial charge is 0.388 e. The van der Waals surface area contributed by atoms with Crippen LogP contribution in [0.4, 0.5) is 4.39 Å². The molecule has 1 amide bonds. The van der Waals surface area contributed by atoms with Crippen LogP contribution in [-0.4, -0.2) is 23.2 Å². The number of hydrogen-bond donors (Lipinski definition) is 2. The minimum absolute atomic E-state index is 0.0780. The summed E-state index contributed by atoms with van der Waals surface area (Å²) >= 11 is 3.14. The number of halogens is 2. The van der Waals surface area contributed by atoms with E-state index in [-0.39, 0.29) is 17.6 Å². The molecule has 2 rings (SSSR count). The van der Waals surface area contributed by atoms with Crippen molar-refractivity contribution in [2.45, 2.75) is 38.2 Å². The van der Waals surface area contributed by atoms with Crippen molar-refractivity contribution in [2.75, 3.05) is 6.54 Å². The summed E-state index contributed by atoms with van der Waals surface area (Å²) in [6.07, 6.45) is 3.08. The summed E-state index contributed by atoms with van der Waals surface area (Å²) in [5.41, 5.74) is 0.206. The summed E-state index contributed by atoms with van der Waals surface area (Å²) in [6.45, 7) is 2.15. The Morgan fingerprint density at radius 1 is 1.55 bits per heavy atom. The average Bonchev–Trinajstić information content (AvgIpc) is 2.38. The van der Waals surface area contributed by atoms with E-state index in [1.807, 2.05) is 6.92 Å². The fourth-order valence-corrected chi connectivity index (χ4v) is 2.73. The number of hydrogen-bond acceptors (Lipinski definition) is 2. The molecule has 1 aliphatic carbocycles. The summed E-state index contributed by atoms with van der Waals surface area (Å²) in [4.78, 5) is 12.0. The van der Waals surface area contributed by atoms with Crippen LogP contribution >= 0.6 is 15.9 Å². The molecule has 20 heavy (non-hydrogen) atoms. The monoisotopic (exact) mass is 343 g/mol. The molecular formula is C15H19BrFNO2. The van der Waals surface area contributed by atoms with Gasteiger partial charge in [-0.1, -0.05) is 13.0 Å². The van der Waals surface area contributed by atoms with Crippen LogP contribution in [0.1, 0.15) is 31.7 Å². The van der Waals surface area contributed by atoms with Crippen LogP contribution in [0, 0.1) is 11.7 Å². The maximum absolute atomic E-state index is 13.1. The van der Waals surface area contributed by atoms with E-state index >= 15 is 0 Å². The third kappa shape index (κ3) is 3.79. The molecule has 110 valence electrons. The van der Waals surface area contributed by atoms with Gasteiger partial charge in [0.1, 0.15) is 5.82 Å². The lowest BCUT2D eigenvalue weighted by atomic mass is 9.80. The number of amides is 1. The third-order valence-electron chi connectivity index (χ3n) is 3.85. The summed E-state index contributed by atoms with van der Waals surface area (Å²) in [7, 11) is 0. The molecule has 0 bridgehead atoms. The maximum atomic E-state index is 13.1. The van der Waals surface area contributed by atoms with Crippen molar-refractivity contribution in [1.82, 2.24) is 5.32 Å². The van der Waals surface area contributed by atoms with Gasteiger partial charge in [-0.15, -0.1) is 0 Å². The van der Waals surface area contributed by atoms with Crippen LogP contribution in [0.3, 0.4) is 0 Å². The van der Waals surface area contributed by atoms with Gasteiger partial charge in [0.2, 0.25) is 5.91 Å². The Bertz CT molecular complexity index is 503. The fraction of sp³-hybridized carbons (Fsp3) is 0.533. The standard InChI is InChI=1S/C15H19BrFNO2/c1-10(7-11-3-4-13(17)12(16)8-11)14(19)18-9-15(20)5-2-6-15/h3-4,8,10,20H,2,5-7,9H2,1H3,(H,18,19). The number of aliphatic hydroxyl groups is 1. The van der Waals surface area contributed by atoms with Crippen LogP contribution in [0.15, 0.2) is 22.7 Å². The van der Waals surface area contributed by atoms with Gasteiger partial charge in [-0.05, 0) is 59.3 Å². The smallest absolute Gasteiger partial charge is 0.223 e. The SMILES string of the molecule is CC(Cc1ccc(F)c(Br)c1)C(=O)NCC1(O)CCC1. The van der Waals surface area contributed by atoms with Crippen molar-refractivity contribution >= 4 is 21.8 Å². The molecule has 3 nitrogen and oxygen atoms in total. The van der Waals surface area contributed by atoms with Crippen LogP contribution in [0.2, 0.25) is 0 Å². The van der Waals surface area contributed by atoms with Gasteiger partial charge in [0.15, 0.2) is 0 Å². The van der Waals surface area contributed by atoms with E-state index in [1.165, 1.54) is 6.07 Å². The molecule has 1 fully saturated rings. The zero-order valence-corrected chi connectivity index (χ0v) is 13.0. The highest BCUT2D eigenvalue weighted by atomic mass is 79.9. The molecule has 0 aromatic heterocycles. The van der Waals surface area contributed by atoms with Gasteiger partial charge in [0.05, 0.1) is 10.1 Å². The molecule has 1 atom stereocenters. The lowest BCUT2D eigenvalue weighted by molar-refractivity contribution is -0.126. The topological polar surface area (TPSA) is 49.3 Å². The number of nitrogens with one attached hydrogen (secondary N) is 1. The molecule has 0 saturated heterocycles. The predicted octanol–water partition coefficient (Wildman–Crippen LogP) is 2.80. The third-order valence-corrected chi connectivity index (χ3v) is 4.46. The van der Waals surface area contributed by atoms with E-state index in [0.29, 0.717) is 17.4 Å². The second-order valence-electron chi connectivity index (χ2n) is 5.65. The van der Waals surface area contributed by atoms with E-state index in [0.717, 1.165) is 24.8 Å². The second kappa shape index (κ2) is 6.22. The summed E-state index contributed by atoms with van der Waals surface area (Å²) < 4.78 is 13.5. The molecule has 2 N–H and O–H groups in total. The summed E-state index contributed by atoms with van der Waals surface area (Å²) in [5, 5.41) is 12.7. The van der Waals surface area contributed by atoms with E-state index < -0.39 is 5.60 Å². The highest BCUT2D eigenvalue weighted by Crippen LogP contribution is 2.30. The number of carbonyl (C=O) groups excluding carboxylic acids is 1. The molecule has 5 heteroatoms. The first-order valence-corrected chi connectivity index (χ1v) is 7.63. The lowest BCUT2D eigenvalue weighted by Gasteiger charge is -2.36. The second-order valence-corrected chi connectivity index (χ2v) is 6.50. The van der Waals surface area contributed by atoms with Crippen molar-refractivity contribution < 1.29 is 14.3 Å². The molecule has 0 spiro atoms. The number of benzene rings is 1. The minimum Gasteiger partial charge on any atom is -0.388 e. The van der Waals surface area contributed by atoms with Crippen molar-refractivity contribution in [3.8, 4) is 0 Å². The Morgan fingerprint density at radius 2 is 2.25 bits per heavy atom. The minimum atomic E-state index is -0.700. The highest BCUT2D eigenvalue weighted by Gasteiger charge is 2.34. The normalized spacial score (nSPS) is 18.2. The van der Waals surface area contributed by atoms with Crippen LogP contribution in [0.25, 0.3) is 0 Å². The molecule has 0 radical (unpaired) electrons. The first kappa shape index (κ1) is 15.4. The molecule has 1 aromatic carbocycles. The van der Waals surface area contributed by atoms with Crippen molar-refractivity contribution in [3.63, 3.8) is 0 Å². The number of carbonyl (C=O) groups is 1. The van der Waals surface area contributed by atoms with Gasteiger partial charge in [-0.2, -0.15) is 0 Å². The molecular weight excluding hydrogens is 325 g/mol. The predicted molar refractivity (Wildman–Crippen MR) is 78.8 cm³/mol. The molecule has 0 heterocycles. The van der Waals surface area contributed by atoms with Gasteiger partial charge in [0.25, 0.3) is 0 Å². The first-order chi connectivity index (χ1) is 9.39. The highest BCUT2D eigenvalue weighted by molar-refractivity contribution is 9.10. The van der Waals surface area contributed by atoms with Crippen molar-refractivity contribution in [1.29, 1.82) is 0 Å². The lowest BCUT2D eigenvalue weighted by Crippen LogP contribution is -2.48.